The summed E-state index contributed by atoms with van der Waals surface area (Å²) in [6.45, 7) is 6.00. The second-order valence-electron chi connectivity index (χ2n) is 3.86. The number of aryl methyl sites for hydroxylation is 2. The summed E-state index contributed by atoms with van der Waals surface area (Å²) >= 11 is 0. The molecular formula is C12H16O2. The second kappa shape index (κ2) is 4.27. The molecule has 2 nitrogen and oxygen atoms in total. The van der Waals surface area contributed by atoms with Crippen LogP contribution < -0.4 is 0 Å². The molecule has 0 radical (unpaired) electrons. The third kappa shape index (κ3) is 2.59. The topological polar surface area (TPSA) is 37.3 Å². The molecule has 0 spiro atoms. The SMILES string of the molecule is Cc1ccc(C)c(C(C)CC(=O)O)c1. The van der Waals surface area contributed by atoms with Gasteiger partial charge in [-0.1, -0.05) is 30.7 Å². The first-order chi connectivity index (χ1) is 6.50. The van der Waals surface area contributed by atoms with Gasteiger partial charge in [-0.25, -0.2) is 0 Å². The zero-order chi connectivity index (χ0) is 10.7. The fourth-order valence-electron chi connectivity index (χ4n) is 1.66. The van der Waals surface area contributed by atoms with E-state index in [1.54, 1.807) is 0 Å². The molecule has 0 aliphatic carbocycles. The Kier molecular flexibility index (Phi) is 3.28. The van der Waals surface area contributed by atoms with Crippen LogP contribution in [0, 0.1) is 13.8 Å². The van der Waals surface area contributed by atoms with E-state index >= 15 is 0 Å². The van der Waals surface area contributed by atoms with Crippen molar-refractivity contribution < 1.29 is 9.90 Å². The van der Waals surface area contributed by atoms with Gasteiger partial charge in [0.25, 0.3) is 0 Å². The van der Waals surface area contributed by atoms with Gasteiger partial charge in [0.05, 0.1) is 6.42 Å². The Hall–Kier alpha value is -1.31. The summed E-state index contributed by atoms with van der Waals surface area (Å²) in [5.41, 5.74) is 3.50. The Balaban J connectivity index is 2.93. The monoisotopic (exact) mass is 192 g/mol. The number of carboxylic acids is 1. The van der Waals surface area contributed by atoms with Gasteiger partial charge in [0.15, 0.2) is 0 Å². The van der Waals surface area contributed by atoms with E-state index in [1.807, 2.05) is 32.9 Å². The highest BCUT2D eigenvalue weighted by Gasteiger charge is 2.12. The smallest absolute Gasteiger partial charge is 0.303 e. The van der Waals surface area contributed by atoms with Crippen molar-refractivity contribution in [3.63, 3.8) is 0 Å². The highest BCUT2D eigenvalue weighted by molar-refractivity contribution is 5.68. The number of hydrogen-bond donors (Lipinski definition) is 1. The van der Waals surface area contributed by atoms with E-state index < -0.39 is 5.97 Å². The zero-order valence-electron chi connectivity index (χ0n) is 8.87. The van der Waals surface area contributed by atoms with Crippen LogP contribution in [0.2, 0.25) is 0 Å². The van der Waals surface area contributed by atoms with Crippen LogP contribution in [0.3, 0.4) is 0 Å². The van der Waals surface area contributed by atoms with Crippen LogP contribution in [0.5, 0.6) is 0 Å². The van der Waals surface area contributed by atoms with E-state index in [4.69, 9.17) is 5.11 Å². The van der Waals surface area contributed by atoms with E-state index in [-0.39, 0.29) is 12.3 Å². The van der Waals surface area contributed by atoms with Gasteiger partial charge in [-0.2, -0.15) is 0 Å². The molecule has 1 unspecified atom stereocenters. The summed E-state index contributed by atoms with van der Waals surface area (Å²) in [5, 5.41) is 8.71. The van der Waals surface area contributed by atoms with E-state index in [1.165, 1.54) is 11.1 Å². The lowest BCUT2D eigenvalue weighted by Gasteiger charge is -2.13. The Bertz CT molecular complexity index is 342. The van der Waals surface area contributed by atoms with Gasteiger partial charge in [-0.15, -0.1) is 0 Å². The lowest BCUT2D eigenvalue weighted by atomic mass is 9.92. The van der Waals surface area contributed by atoms with Gasteiger partial charge < -0.3 is 5.11 Å². The van der Waals surface area contributed by atoms with Crippen LogP contribution in [0.4, 0.5) is 0 Å². The largest absolute Gasteiger partial charge is 0.481 e. The summed E-state index contributed by atoms with van der Waals surface area (Å²) in [4.78, 5) is 10.6. The molecule has 0 saturated heterocycles. The Morgan fingerprint density at radius 3 is 2.64 bits per heavy atom. The van der Waals surface area contributed by atoms with Gasteiger partial charge >= 0.3 is 5.97 Å². The summed E-state index contributed by atoms with van der Waals surface area (Å²) in [6.07, 6.45) is 0.199. The predicted octanol–water partition coefficient (Wildman–Crippen LogP) is 2.88. The summed E-state index contributed by atoms with van der Waals surface area (Å²) in [7, 11) is 0. The van der Waals surface area contributed by atoms with Crippen LogP contribution in [-0.2, 0) is 4.79 Å². The van der Waals surface area contributed by atoms with Crippen LogP contribution in [0.15, 0.2) is 18.2 Å². The number of hydrogen-bond acceptors (Lipinski definition) is 1. The second-order valence-corrected chi connectivity index (χ2v) is 3.86. The zero-order valence-corrected chi connectivity index (χ0v) is 8.87. The predicted molar refractivity (Wildman–Crippen MR) is 56.6 cm³/mol. The van der Waals surface area contributed by atoms with Gasteiger partial charge in [0.1, 0.15) is 0 Å². The molecule has 1 atom stereocenters. The maximum atomic E-state index is 10.6. The van der Waals surface area contributed by atoms with E-state index in [0.717, 1.165) is 5.56 Å². The first-order valence-corrected chi connectivity index (χ1v) is 4.79. The molecule has 2 heteroatoms. The molecule has 1 aromatic rings. The van der Waals surface area contributed by atoms with Gasteiger partial charge in [-0.3, -0.25) is 4.79 Å². The molecule has 0 saturated carbocycles. The van der Waals surface area contributed by atoms with Crippen molar-refractivity contribution in [2.24, 2.45) is 0 Å². The van der Waals surface area contributed by atoms with Crippen molar-refractivity contribution in [3.8, 4) is 0 Å². The average molecular weight is 192 g/mol. The van der Waals surface area contributed by atoms with Gasteiger partial charge in [-0.05, 0) is 30.9 Å². The van der Waals surface area contributed by atoms with Crippen LogP contribution >= 0.6 is 0 Å². The molecule has 14 heavy (non-hydrogen) atoms. The first kappa shape index (κ1) is 10.8. The lowest BCUT2D eigenvalue weighted by Crippen LogP contribution is -2.04. The lowest BCUT2D eigenvalue weighted by molar-refractivity contribution is -0.137. The molecule has 1 aromatic carbocycles. The average Bonchev–Trinajstić information content (AvgIpc) is 2.08. The Morgan fingerprint density at radius 1 is 1.43 bits per heavy atom. The molecule has 0 amide bonds. The number of rotatable bonds is 3. The van der Waals surface area contributed by atoms with E-state index in [9.17, 15) is 4.79 Å². The number of carbonyl (C=O) groups is 1. The molecule has 0 heterocycles. The van der Waals surface area contributed by atoms with Crippen LogP contribution in [0.1, 0.15) is 36.0 Å². The molecule has 1 N–H and O–H groups in total. The molecule has 0 fully saturated rings. The van der Waals surface area contributed by atoms with Gasteiger partial charge in [0, 0.05) is 0 Å². The molecular weight excluding hydrogens is 176 g/mol. The van der Waals surface area contributed by atoms with Crippen molar-refractivity contribution in [1.29, 1.82) is 0 Å². The fraction of sp³-hybridized carbons (Fsp3) is 0.417. The fourth-order valence-corrected chi connectivity index (χ4v) is 1.66. The maximum Gasteiger partial charge on any atom is 0.303 e. The first-order valence-electron chi connectivity index (χ1n) is 4.79. The van der Waals surface area contributed by atoms with Gasteiger partial charge in [0.2, 0.25) is 0 Å². The molecule has 0 bridgehead atoms. The minimum Gasteiger partial charge on any atom is -0.481 e. The van der Waals surface area contributed by atoms with Crippen molar-refractivity contribution in [2.45, 2.75) is 33.1 Å². The highest BCUT2D eigenvalue weighted by Crippen LogP contribution is 2.23. The third-order valence-corrected chi connectivity index (χ3v) is 2.45. The summed E-state index contributed by atoms with van der Waals surface area (Å²) in [5.74, 6) is -0.647. The Morgan fingerprint density at radius 2 is 2.07 bits per heavy atom. The number of carboxylic acid groups (broad SMARTS) is 1. The molecule has 76 valence electrons. The molecule has 1 rings (SSSR count). The standard InChI is InChI=1S/C12H16O2/c1-8-4-5-9(2)11(6-8)10(3)7-12(13)14/h4-6,10H,7H2,1-3H3,(H,13,14). The van der Waals surface area contributed by atoms with Crippen molar-refractivity contribution in [2.75, 3.05) is 0 Å². The number of aliphatic carboxylic acids is 1. The van der Waals surface area contributed by atoms with Crippen LogP contribution in [0.25, 0.3) is 0 Å². The molecule has 0 aliphatic heterocycles. The van der Waals surface area contributed by atoms with Crippen molar-refractivity contribution in [1.82, 2.24) is 0 Å². The van der Waals surface area contributed by atoms with E-state index in [2.05, 4.69) is 6.07 Å². The molecule has 0 aromatic heterocycles. The highest BCUT2D eigenvalue weighted by atomic mass is 16.4. The van der Waals surface area contributed by atoms with Crippen LogP contribution in [-0.4, -0.2) is 11.1 Å². The minimum absolute atomic E-state index is 0.0902. The minimum atomic E-state index is -0.738. The molecule has 0 aliphatic rings. The van der Waals surface area contributed by atoms with E-state index in [0.29, 0.717) is 0 Å². The quantitative estimate of drug-likeness (QED) is 0.799. The number of benzene rings is 1. The normalized spacial score (nSPS) is 12.5. The summed E-state index contributed by atoms with van der Waals surface area (Å²) < 4.78 is 0. The summed E-state index contributed by atoms with van der Waals surface area (Å²) in [6, 6.07) is 6.16. The Labute approximate surface area is 84.6 Å². The van der Waals surface area contributed by atoms with Crippen molar-refractivity contribution >= 4 is 5.97 Å². The van der Waals surface area contributed by atoms with Crippen molar-refractivity contribution in [3.05, 3.63) is 34.9 Å². The maximum absolute atomic E-state index is 10.6. The third-order valence-electron chi connectivity index (χ3n) is 2.45.